The lowest BCUT2D eigenvalue weighted by Gasteiger charge is -2.09. The fraction of sp³-hybridized carbons (Fsp3) is 0.0769. The molecule has 0 aliphatic rings. The molecule has 0 amide bonds. The van der Waals surface area contributed by atoms with Crippen molar-refractivity contribution >= 4 is 43.1 Å². The molecule has 2 aromatic carbocycles. The first-order valence-electron chi connectivity index (χ1n) is 5.29. The van der Waals surface area contributed by atoms with E-state index in [9.17, 15) is 18.3 Å². The molecule has 1 N–H and O–H groups in total. The summed E-state index contributed by atoms with van der Waals surface area (Å²) in [5.74, 6) is 0.0266. The van der Waals surface area contributed by atoms with E-state index in [-0.39, 0.29) is 15.5 Å². The van der Waals surface area contributed by atoms with Crippen LogP contribution in [0.3, 0.4) is 0 Å². The second-order valence-corrected chi connectivity index (χ2v) is 5.54. The van der Waals surface area contributed by atoms with Gasteiger partial charge in [0.2, 0.25) is 0 Å². The van der Waals surface area contributed by atoms with Gasteiger partial charge >= 0.3 is 6.18 Å². The lowest BCUT2D eigenvalue weighted by molar-refractivity contribution is -0.136. The number of phenols is 1. The van der Waals surface area contributed by atoms with E-state index < -0.39 is 11.7 Å². The standard InChI is InChI=1S/C13H6ClF3OS/c14-9-4-3-8-7-2-1-6(18)5-10(7)19-12(8)11(9)13(15,16)17/h1-5,18H. The van der Waals surface area contributed by atoms with Crippen LogP contribution in [0.1, 0.15) is 5.56 Å². The van der Waals surface area contributed by atoms with Crippen LogP contribution in [-0.4, -0.2) is 5.11 Å². The van der Waals surface area contributed by atoms with Gasteiger partial charge in [-0.2, -0.15) is 13.2 Å². The van der Waals surface area contributed by atoms with Gasteiger partial charge in [-0.15, -0.1) is 11.3 Å². The summed E-state index contributed by atoms with van der Waals surface area (Å²) in [5, 5.41) is 10.3. The van der Waals surface area contributed by atoms with Gasteiger partial charge < -0.3 is 5.11 Å². The van der Waals surface area contributed by atoms with Crippen LogP contribution >= 0.6 is 22.9 Å². The quantitative estimate of drug-likeness (QED) is 0.587. The molecule has 1 aromatic heterocycles. The Morgan fingerprint density at radius 2 is 1.74 bits per heavy atom. The molecule has 0 bridgehead atoms. The van der Waals surface area contributed by atoms with Gasteiger partial charge in [-0.3, -0.25) is 0 Å². The smallest absolute Gasteiger partial charge is 0.419 e. The number of benzene rings is 2. The maximum Gasteiger partial charge on any atom is 0.419 e. The number of thiophene rings is 1. The van der Waals surface area contributed by atoms with Crippen LogP contribution in [0.5, 0.6) is 5.75 Å². The largest absolute Gasteiger partial charge is 0.508 e. The van der Waals surface area contributed by atoms with Crippen LogP contribution in [0, 0.1) is 0 Å². The van der Waals surface area contributed by atoms with E-state index >= 15 is 0 Å². The highest BCUT2D eigenvalue weighted by molar-refractivity contribution is 7.26. The molecule has 0 spiro atoms. The third kappa shape index (κ3) is 1.93. The normalized spacial score (nSPS) is 12.4. The maximum atomic E-state index is 13.1. The molecule has 0 atom stereocenters. The molecule has 6 heteroatoms. The van der Waals surface area contributed by atoms with Crippen molar-refractivity contribution in [3.8, 4) is 5.75 Å². The van der Waals surface area contributed by atoms with Gasteiger partial charge in [-0.1, -0.05) is 17.7 Å². The van der Waals surface area contributed by atoms with E-state index in [1.807, 2.05) is 0 Å². The Hall–Kier alpha value is -1.46. The molecular weight excluding hydrogens is 297 g/mol. The molecular formula is C13H6ClF3OS. The summed E-state index contributed by atoms with van der Waals surface area (Å²) < 4.78 is 39.9. The zero-order valence-electron chi connectivity index (χ0n) is 9.25. The summed E-state index contributed by atoms with van der Waals surface area (Å²) in [7, 11) is 0. The van der Waals surface area contributed by atoms with E-state index in [0.717, 1.165) is 11.3 Å². The predicted molar refractivity (Wildman–Crippen MR) is 71.0 cm³/mol. The molecule has 1 nitrogen and oxygen atoms in total. The molecule has 0 aliphatic carbocycles. The van der Waals surface area contributed by atoms with Crippen LogP contribution in [0.15, 0.2) is 30.3 Å². The summed E-state index contributed by atoms with van der Waals surface area (Å²) in [6, 6.07) is 7.34. The van der Waals surface area contributed by atoms with E-state index in [1.54, 1.807) is 12.1 Å². The van der Waals surface area contributed by atoms with Crippen molar-refractivity contribution in [2.45, 2.75) is 6.18 Å². The fourth-order valence-corrected chi connectivity index (χ4v) is 3.69. The number of fused-ring (bicyclic) bond motifs is 3. The fourth-order valence-electron chi connectivity index (χ4n) is 2.07. The summed E-state index contributed by atoms with van der Waals surface area (Å²) >= 11 is 6.66. The summed E-state index contributed by atoms with van der Waals surface area (Å²) in [6.45, 7) is 0. The maximum absolute atomic E-state index is 13.1. The topological polar surface area (TPSA) is 20.2 Å². The highest BCUT2D eigenvalue weighted by atomic mass is 35.5. The number of rotatable bonds is 0. The molecule has 0 aliphatic heterocycles. The molecule has 0 radical (unpaired) electrons. The lowest BCUT2D eigenvalue weighted by Crippen LogP contribution is -2.05. The zero-order chi connectivity index (χ0) is 13.8. The van der Waals surface area contributed by atoms with Gasteiger partial charge in [0, 0.05) is 20.2 Å². The number of phenolic OH excluding ortho intramolecular Hbond substituents is 1. The minimum Gasteiger partial charge on any atom is -0.508 e. The highest BCUT2D eigenvalue weighted by Gasteiger charge is 2.36. The first kappa shape index (κ1) is 12.6. The molecule has 1 heterocycles. The summed E-state index contributed by atoms with van der Waals surface area (Å²) in [5.41, 5.74) is -0.813. The average molecular weight is 303 g/mol. The third-order valence-corrected chi connectivity index (χ3v) is 4.36. The van der Waals surface area contributed by atoms with E-state index in [2.05, 4.69) is 0 Å². The van der Waals surface area contributed by atoms with Crippen LogP contribution in [0.2, 0.25) is 5.02 Å². The van der Waals surface area contributed by atoms with Crippen molar-refractivity contribution in [3.63, 3.8) is 0 Å². The monoisotopic (exact) mass is 302 g/mol. The minimum absolute atomic E-state index is 0.0266. The molecule has 3 aromatic rings. The second kappa shape index (κ2) is 4.02. The van der Waals surface area contributed by atoms with Gasteiger partial charge in [-0.25, -0.2) is 0 Å². The Kier molecular flexibility index (Phi) is 2.66. The van der Waals surface area contributed by atoms with Gasteiger partial charge in [0.25, 0.3) is 0 Å². The SMILES string of the molecule is Oc1ccc2c(c1)sc1c(C(F)(F)F)c(Cl)ccc12. The molecule has 0 unspecified atom stereocenters. The first-order chi connectivity index (χ1) is 8.88. The minimum atomic E-state index is -4.50. The van der Waals surface area contributed by atoms with Gasteiger partial charge in [0.05, 0.1) is 10.6 Å². The lowest BCUT2D eigenvalue weighted by atomic mass is 10.1. The number of alkyl halides is 3. The number of halogens is 4. The number of hydrogen-bond donors (Lipinski definition) is 1. The second-order valence-electron chi connectivity index (χ2n) is 4.08. The Bertz CT molecular complexity index is 792. The van der Waals surface area contributed by atoms with Crippen molar-refractivity contribution in [2.75, 3.05) is 0 Å². The van der Waals surface area contributed by atoms with Crippen LogP contribution in [-0.2, 0) is 6.18 Å². The van der Waals surface area contributed by atoms with E-state index in [4.69, 9.17) is 11.6 Å². The molecule has 0 fully saturated rings. The van der Waals surface area contributed by atoms with Crippen LogP contribution in [0.4, 0.5) is 13.2 Å². The average Bonchev–Trinajstić information content (AvgIpc) is 2.63. The van der Waals surface area contributed by atoms with Crippen molar-refractivity contribution in [2.24, 2.45) is 0 Å². The zero-order valence-corrected chi connectivity index (χ0v) is 10.8. The van der Waals surface area contributed by atoms with Crippen molar-refractivity contribution in [3.05, 3.63) is 40.9 Å². The van der Waals surface area contributed by atoms with E-state index in [0.29, 0.717) is 15.5 Å². The van der Waals surface area contributed by atoms with Gasteiger partial charge in [0.1, 0.15) is 5.75 Å². The number of aromatic hydroxyl groups is 1. The van der Waals surface area contributed by atoms with Crippen molar-refractivity contribution < 1.29 is 18.3 Å². The van der Waals surface area contributed by atoms with Crippen molar-refractivity contribution in [1.29, 1.82) is 0 Å². The molecule has 19 heavy (non-hydrogen) atoms. The first-order valence-corrected chi connectivity index (χ1v) is 6.48. The molecule has 3 rings (SSSR count). The Morgan fingerprint density at radius 3 is 2.42 bits per heavy atom. The number of hydrogen-bond acceptors (Lipinski definition) is 2. The van der Waals surface area contributed by atoms with Crippen LogP contribution in [0.25, 0.3) is 20.2 Å². The Morgan fingerprint density at radius 1 is 1.05 bits per heavy atom. The van der Waals surface area contributed by atoms with Crippen LogP contribution < -0.4 is 0 Å². The van der Waals surface area contributed by atoms with Gasteiger partial charge in [0.15, 0.2) is 0 Å². The third-order valence-electron chi connectivity index (χ3n) is 2.86. The summed E-state index contributed by atoms with van der Waals surface area (Å²) in [4.78, 5) is 0. The molecule has 98 valence electrons. The Labute approximate surface area is 114 Å². The van der Waals surface area contributed by atoms with E-state index in [1.165, 1.54) is 18.2 Å². The molecule has 0 saturated heterocycles. The van der Waals surface area contributed by atoms with Crippen molar-refractivity contribution in [1.82, 2.24) is 0 Å². The highest BCUT2D eigenvalue weighted by Crippen LogP contribution is 2.45. The van der Waals surface area contributed by atoms with Gasteiger partial charge in [-0.05, 0) is 24.3 Å². The molecule has 0 saturated carbocycles. The summed E-state index contributed by atoms with van der Waals surface area (Å²) in [6.07, 6.45) is -4.50. The Balaban J connectivity index is 2.50. The predicted octanol–water partition coefficient (Wildman–Crippen LogP) is 5.43.